The lowest BCUT2D eigenvalue weighted by Gasteiger charge is -2.13. The number of ether oxygens (including phenoxy) is 2. The van der Waals surface area contributed by atoms with Gasteiger partial charge in [0.05, 0.1) is 37.8 Å². The van der Waals surface area contributed by atoms with Gasteiger partial charge in [-0.1, -0.05) is 24.3 Å². The molecule has 5 rings (SSSR count). The van der Waals surface area contributed by atoms with E-state index in [1.165, 1.54) is 32.2 Å². The first-order chi connectivity index (χ1) is 17.6. The third-order valence-electron chi connectivity index (χ3n) is 6.13. The van der Waals surface area contributed by atoms with Gasteiger partial charge in [0.15, 0.2) is 17.2 Å². The van der Waals surface area contributed by atoms with Crippen LogP contribution in [0, 0.1) is 5.82 Å². The lowest BCUT2D eigenvalue weighted by atomic mass is 10.1. The summed E-state index contributed by atoms with van der Waals surface area (Å²) in [4.78, 5) is 8.64. The summed E-state index contributed by atoms with van der Waals surface area (Å²) in [5, 5.41) is 12.8. The molecule has 0 saturated carbocycles. The van der Waals surface area contributed by atoms with Crippen LogP contribution in [0.2, 0.25) is 0 Å². The van der Waals surface area contributed by atoms with Crippen molar-refractivity contribution >= 4 is 16.9 Å². The molecule has 2 aromatic carbocycles. The van der Waals surface area contributed by atoms with Gasteiger partial charge in [0, 0.05) is 25.1 Å². The number of hydrogen-bond donors (Lipinski definition) is 1. The van der Waals surface area contributed by atoms with E-state index in [1.54, 1.807) is 12.3 Å². The van der Waals surface area contributed by atoms with Crippen LogP contribution in [-0.2, 0) is 13.1 Å². The molecule has 0 saturated heterocycles. The standard InChI is InChI=1S/C26H26FN7O2/c1-17(34-12-4-11-31-34)19-7-5-18(6-8-19)14-33-15-21-25(29-16-30-26(21)32-33)28-13-20-22(35-2)9-10-23(36-3)24(20)27/h4-12,15-17H,13-14H2,1-3H3,(H,28,29,30,32). The first kappa shape index (κ1) is 23.3. The van der Waals surface area contributed by atoms with E-state index >= 15 is 0 Å². The molecule has 1 N–H and O–H groups in total. The molecule has 184 valence electrons. The summed E-state index contributed by atoms with van der Waals surface area (Å²) in [6.45, 7) is 2.84. The Labute approximate surface area is 207 Å². The molecular weight excluding hydrogens is 461 g/mol. The van der Waals surface area contributed by atoms with E-state index < -0.39 is 5.82 Å². The Balaban J connectivity index is 1.34. The van der Waals surface area contributed by atoms with Crippen molar-refractivity contribution in [3.05, 3.63) is 89.9 Å². The quantitative estimate of drug-likeness (QED) is 0.328. The fraction of sp³-hybridized carbons (Fsp3) is 0.231. The van der Waals surface area contributed by atoms with Crippen molar-refractivity contribution in [3.63, 3.8) is 0 Å². The second kappa shape index (κ2) is 10.0. The molecule has 0 fully saturated rings. The van der Waals surface area contributed by atoms with E-state index in [2.05, 4.69) is 56.7 Å². The molecule has 5 aromatic rings. The average Bonchev–Trinajstić information content (AvgIpc) is 3.58. The normalized spacial score (nSPS) is 12.0. The van der Waals surface area contributed by atoms with Gasteiger partial charge in [-0.25, -0.2) is 14.4 Å². The summed E-state index contributed by atoms with van der Waals surface area (Å²) in [6, 6.07) is 13.7. The number of anilines is 1. The van der Waals surface area contributed by atoms with Gasteiger partial charge in [-0.05, 0) is 36.2 Å². The van der Waals surface area contributed by atoms with E-state index in [0.717, 1.165) is 10.9 Å². The molecule has 1 unspecified atom stereocenters. The lowest BCUT2D eigenvalue weighted by Crippen LogP contribution is -2.07. The van der Waals surface area contributed by atoms with Crippen molar-refractivity contribution in [1.82, 2.24) is 29.5 Å². The Hall–Kier alpha value is -4.47. The van der Waals surface area contributed by atoms with Gasteiger partial charge >= 0.3 is 0 Å². The molecule has 0 bridgehead atoms. The van der Waals surface area contributed by atoms with Crippen molar-refractivity contribution in [3.8, 4) is 11.5 Å². The smallest absolute Gasteiger partial charge is 0.186 e. The maximum absolute atomic E-state index is 14.8. The van der Waals surface area contributed by atoms with Crippen LogP contribution in [0.4, 0.5) is 10.2 Å². The summed E-state index contributed by atoms with van der Waals surface area (Å²) in [5.74, 6) is 0.653. The molecule has 0 aliphatic carbocycles. The summed E-state index contributed by atoms with van der Waals surface area (Å²) < 4.78 is 29.0. The van der Waals surface area contributed by atoms with E-state index in [9.17, 15) is 4.39 Å². The summed E-state index contributed by atoms with van der Waals surface area (Å²) >= 11 is 0. The summed E-state index contributed by atoms with van der Waals surface area (Å²) in [5.41, 5.74) is 3.17. The maximum atomic E-state index is 14.8. The number of hydrogen-bond acceptors (Lipinski definition) is 7. The number of aromatic nitrogens is 6. The zero-order valence-corrected chi connectivity index (χ0v) is 20.2. The fourth-order valence-corrected chi connectivity index (χ4v) is 4.13. The van der Waals surface area contributed by atoms with Crippen molar-refractivity contribution in [2.75, 3.05) is 19.5 Å². The number of methoxy groups -OCH3 is 2. The van der Waals surface area contributed by atoms with Crippen molar-refractivity contribution in [2.24, 2.45) is 0 Å². The van der Waals surface area contributed by atoms with Gasteiger partial charge in [0.1, 0.15) is 17.9 Å². The molecule has 3 aromatic heterocycles. The average molecular weight is 488 g/mol. The zero-order valence-electron chi connectivity index (χ0n) is 20.2. The maximum Gasteiger partial charge on any atom is 0.186 e. The van der Waals surface area contributed by atoms with Crippen LogP contribution in [0.1, 0.15) is 29.7 Å². The molecule has 1 atom stereocenters. The molecule has 0 spiro atoms. The second-order valence-electron chi connectivity index (χ2n) is 8.31. The minimum Gasteiger partial charge on any atom is -0.496 e. The van der Waals surface area contributed by atoms with Crippen LogP contribution in [0.25, 0.3) is 11.0 Å². The highest BCUT2D eigenvalue weighted by Crippen LogP contribution is 2.30. The monoisotopic (exact) mass is 487 g/mol. The predicted molar refractivity (Wildman–Crippen MR) is 134 cm³/mol. The van der Waals surface area contributed by atoms with Gasteiger partial charge in [-0.3, -0.25) is 9.36 Å². The minimum atomic E-state index is -0.476. The first-order valence-electron chi connectivity index (χ1n) is 11.5. The summed E-state index contributed by atoms with van der Waals surface area (Å²) in [6.07, 6.45) is 7.06. The largest absolute Gasteiger partial charge is 0.496 e. The van der Waals surface area contributed by atoms with Crippen LogP contribution in [-0.4, -0.2) is 43.7 Å². The number of halogens is 1. The molecule has 10 heteroatoms. The first-order valence-corrected chi connectivity index (χ1v) is 11.5. The summed E-state index contributed by atoms with van der Waals surface area (Å²) in [7, 11) is 2.93. The molecule has 0 amide bonds. The van der Waals surface area contributed by atoms with Crippen LogP contribution in [0.5, 0.6) is 11.5 Å². The number of fused-ring (bicyclic) bond motifs is 1. The Morgan fingerprint density at radius 3 is 2.53 bits per heavy atom. The third-order valence-corrected chi connectivity index (χ3v) is 6.13. The molecule has 9 nitrogen and oxygen atoms in total. The van der Waals surface area contributed by atoms with Gasteiger partial charge < -0.3 is 14.8 Å². The highest BCUT2D eigenvalue weighted by Gasteiger charge is 2.16. The van der Waals surface area contributed by atoms with Gasteiger partial charge in [-0.2, -0.15) is 10.2 Å². The molecule has 3 heterocycles. The Morgan fingerprint density at radius 2 is 1.81 bits per heavy atom. The SMILES string of the molecule is COc1ccc(OC)c(CNc2ncnc3nn(Cc4ccc(C(C)n5cccn5)cc4)cc23)c1F. The van der Waals surface area contributed by atoms with E-state index in [1.807, 2.05) is 27.8 Å². The van der Waals surface area contributed by atoms with E-state index in [4.69, 9.17) is 9.47 Å². The number of nitrogens with one attached hydrogen (secondary N) is 1. The highest BCUT2D eigenvalue weighted by atomic mass is 19.1. The zero-order chi connectivity index (χ0) is 25.1. The van der Waals surface area contributed by atoms with Crippen molar-refractivity contribution < 1.29 is 13.9 Å². The molecule has 36 heavy (non-hydrogen) atoms. The number of benzene rings is 2. The topological polar surface area (TPSA) is 91.9 Å². The van der Waals surface area contributed by atoms with Crippen LogP contribution in [0.3, 0.4) is 0 Å². The molecule has 0 aliphatic heterocycles. The minimum absolute atomic E-state index is 0.151. The predicted octanol–water partition coefficient (Wildman–Crippen LogP) is 4.45. The second-order valence-corrected chi connectivity index (χ2v) is 8.31. The van der Waals surface area contributed by atoms with Gasteiger partial charge in [-0.15, -0.1) is 0 Å². The fourth-order valence-electron chi connectivity index (χ4n) is 4.13. The number of rotatable bonds is 9. The molecular formula is C26H26FN7O2. The molecule has 0 aliphatic rings. The Morgan fingerprint density at radius 1 is 1.03 bits per heavy atom. The van der Waals surface area contributed by atoms with Gasteiger partial charge in [0.25, 0.3) is 0 Å². The van der Waals surface area contributed by atoms with Crippen molar-refractivity contribution in [1.29, 1.82) is 0 Å². The van der Waals surface area contributed by atoms with E-state index in [-0.39, 0.29) is 18.3 Å². The van der Waals surface area contributed by atoms with Crippen LogP contribution >= 0.6 is 0 Å². The molecule has 0 radical (unpaired) electrons. The third kappa shape index (κ3) is 4.57. The number of nitrogens with zero attached hydrogens (tertiary/aromatic N) is 6. The van der Waals surface area contributed by atoms with Gasteiger partial charge in [0.2, 0.25) is 0 Å². The van der Waals surface area contributed by atoms with Crippen LogP contribution in [0.15, 0.2) is 67.4 Å². The highest BCUT2D eigenvalue weighted by molar-refractivity contribution is 5.85. The Bertz CT molecular complexity index is 1470. The van der Waals surface area contributed by atoms with Crippen LogP contribution < -0.4 is 14.8 Å². The Kier molecular flexibility index (Phi) is 6.48. The van der Waals surface area contributed by atoms with Crippen molar-refractivity contribution in [2.45, 2.75) is 26.1 Å². The lowest BCUT2D eigenvalue weighted by molar-refractivity contribution is 0.372. The van der Waals surface area contributed by atoms with E-state index in [0.29, 0.717) is 29.3 Å².